The van der Waals surface area contributed by atoms with Gasteiger partial charge in [0.2, 0.25) is 11.7 Å². The number of benzene rings is 2. The predicted octanol–water partition coefficient (Wildman–Crippen LogP) is 3.81. The van der Waals surface area contributed by atoms with Crippen molar-refractivity contribution in [1.82, 2.24) is 29.8 Å². The Morgan fingerprint density at radius 3 is 2.50 bits per heavy atom. The summed E-state index contributed by atoms with van der Waals surface area (Å²) < 4.78 is 7.32. The van der Waals surface area contributed by atoms with Crippen LogP contribution in [0.5, 0.6) is 0 Å². The summed E-state index contributed by atoms with van der Waals surface area (Å²) in [5, 5.41) is 9.75. The molecule has 0 unspecified atom stereocenters. The number of aryl methyl sites for hydroxylation is 1. The van der Waals surface area contributed by atoms with Crippen LogP contribution >= 0.6 is 0 Å². The van der Waals surface area contributed by atoms with E-state index >= 15 is 0 Å². The van der Waals surface area contributed by atoms with Crippen molar-refractivity contribution in [3.63, 3.8) is 0 Å². The van der Waals surface area contributed by atoms with Gasteiger partial charge in [0.05, 0.1) is 5.52 Å². The average molecular weight is 480 g/mol. The molecule has 180 valence electrons. The molecule has 0 radical (unpaired) electrons. The van der Waals surface area contributed by atoms with Gasteiger partial charge in [0.1, 0.15) is 12.4 Å². The molecule has 0 atom stereocenters. The van der Waals surface area contributed by atoms with Crippen molar-refractivity contribution < 1.29 is 9.32 Å². The normalized spacial score (nSPS) is 13.9. The highest BCUT2D eigenvalue weighted by Crippen LogP contribution is 2.29. The number of carbonyl (C=O) groups is 1. The fourth-order valence-corrected chi connectivity index (χ4v) is 4.50. The maximum absolute atomic E-state index is 13.2. The molecule has 1 saturated heterocycles. The third-order valence-electron chi connectivity index (χ3n) is 6.49. The maximum Gasteiger partial charge on any atom is 0.279 e. The van der Waals surface area contributed by atoms with Gasteiger partial charge in [0.25, 0.3) is 5.89 Å². The van der Waals surface area contributed by atoms with Crippen LogP contribution in [0.2, 0.25) is 0 Å². The van der Waals surface area contributed by atoms with Gasteiger partial charge in [-0.2, -0.15) is 10.1 Å². The number of pyridine rings is 1. The van der Waals surface area contributed by atoms with Gasteiger partial charge in [-0.1, -0.05) is 59.3 Å². The molecule has 6 rings (SSSR count). The van der Waals surface area contributed by atoms with E-state index in [1.807, 2.05) is 78.6 Å². The summed E-state index contributed by atoms with van der Waals surface area (Å²) in [6, 6.07) is 21.6. The van der Waals surface area contributed by atoms with Crippen LogP contribution in [-0.4, -0.2) is 61.9 Å². The maximum atomic E-state index is 13.2. The first-order valence-corrected chi connectivity index (χ1v) is 12.0. The Kier molecular flexibility index (Phi) is 5.65. The van der Waals surface area contributed by atoms with Crippen LogP contribution in [0.15, 0.2) is 77.4 Å². The lowest BCUT2D eigenvalue weighted by atomic mass is 10.1. The molecule has 9 heteroatoms. The van der Waals surface area contributed by atoms with Crippen molar-refractivity contribution in [2.45, 2.75) is 13.5 Å². The van der Waals surface area contributed by atoms with Crippen LogP contribution in [0.25, 0.3) is 33.9 Å². The molecule has 1 aliphatic rings. The lowest BCUT2D eigenvalue weighted by Gasteiger charge is -2.35. The molecular formula is C27H25N7O2. The van der Waals surface area contributed by atoms with Gasteiger partial charge in [-0.15, -0.1) is 0 Å². The van der Waals surface area contributed by atoms with Crippen LogP contribution in [0.3, 0.4) is 0 Å². The minimum atomic E-state index is 0.0290. The van der Waals surface area contributed by atoms with Gasteiger partial charge in [0, 0.05) is 43.3 Å². The number of anilines is 1. The largest absolute Gasteiger partial charge is 0.353 e. The number of para-hydroxylation sites is 1. The molecule has 5 aromatic rings. The zero-order valence-electron chi connectivity index (χ0n) is 19.9. The van der Waals surface area contributed by atoms with Gasteiger partial charge >= 0.3 is 0 Å². The number of amides is 1. The molecule has 1 amide bonds. The first-order valence-electron chi connectivity index (χ1n) is 12.0. The van der Waals surface area contributed by atoms with E-state index in [1.54, 1.807) is 10.9 Å². The fraction of sp³-hybridized carbons (Fsp3) is 0.222. The van der Waals surface area contributed by atoms with Gasteiger partial charge in [-0.05, 0) is 25.1 Å². The van der Waals surface area contributed by atoms with Crippen molar-refractivity contribution in [2.75, 3.05) is 31.1 Å². The highest BCUT2D eigenvalue weighted by atomic mass is 16.5. The molecule has 36 heavy (non-hydrogen) atoms. The molecule has 0 N–H and O–H groups in total. The number of rotatable bonds is 5. The quantitative estimate of drug-likeness (QED) is 0.378. The van der Waals surface area contributed by atoms with E-state index in [4.69, 9.17) is 9.62 Å². The standard InChI is InChI=1S/C27H25N7O2/c1-19-9-11-20(12-10-19)26-29-27(36-31-26)25-21-6-2-3-7-22(21)34(30-25)18-24(35)33-16-14-32(15-17-33)23-8-4-5-13-28-23/h2-13H,14-18H2,1H3. The number of hydrogen-bond acceptors (Lipinski definition) is 7. The van der Waals surface area contributed by atoms with Crippen molar-refractivity contribution in [1.29, 1.82) is 0 Å². The van der Waals surface area contributed by atoms with Crippen molar-refractivity contribution in [3.8, 4) is 23.0 Å². The molecule has 2 aromatic carbocycles. The third-order valence-corrected chi connectivity index (χ3v) is 6.49. The Bertz CT molecular complexity index is 1500. The summed E-state index contributed by atoms with van der Waals surface area (Å²) in [5.41, 5.74) is 3.46. The van der Waals surface area contributed by atoms with Crippen LogP contribution in [0.1, 0.15) is 5.56 Å². The second kappa shape index (κ2) is 9.26. The Labute approximate surface area is 208 Å². The smallest absolute Gasteiger partial charge is 0.279 e. The lowest BCUT2D eigenvalue weighted by molar-refractivity contribution is -0.132. The molecule has 0 bridgehead atoms. The van der Waals surface area contributed by atoms with E-state index in [1.165, 1.54) is 0 Å². The van der Waals surface area contributed by atoms with Crippen LogP contribution < -0.4 is 4.90 Å². The first-order chi connectivity index (χ1) is 17.7. The zero-order valence-corrected chi connectivity index (χ0v) is 19.9. The highest BCUT2D eigenvalue weighted by molar-refractivity contribution is 5.92. The number of piperazine rings is 1. The van der Waals surface area contributed by atoms with Gasteiger partial charge < -0.3 is 14.3 Å². The van der Waals surface area contributed by atoms with Gasteiger partial charge in [-0.25, -0.2) is 4.98 Å². The second-order valence-corrected chi connectivity index (χ2v) is 8.87. The Morgan fingerprint density at radius 2 is 1.72 bits per heavy atom. The van der Waals surface area contributed by atoms with Gasteiger partial charge in [-0.3, -0.25) is 9.48 Å². The molecule has 3 aromatic heterocycles. The molecule has 4 heterocycles. The third kappa shape index (κ3) is 4.19. The second-order valence-electron chi connectivity index (χ2n) is 8.87. The van der Waals surface area contributed by atoms with Crippen molar-refractivity contribution in [2.24, 2.45) is 0 Å². The van der Waals surface area contributed by atoms with Crippen LogP contribution in [0.4, 0.5) is 5.82 Å². The SMILES string of the molecule is Cc1ccc(-c2noc(-c3nn(CC(=O)N4CCN(c5ccccn5)CC4)c4ccccc34)n2)cc1. The summed E-state index contributed by atoms with van der Waals surface area (Å²) in [7, 11) is 0. The Hall–Kier alpha value is -4.53. The molecule has 1 aliphatic heterocycles. The molecule has 1 fully saturated rings. The predicted molar refractivity (Wildman–Crippen MR) is 136 cm³/mol. The summed E-state index contributed by atoms with van der Waals surface area (Å²) in [6.07, 6.45) is 1.79. The van der Waals surface area contributed by atoms with Crippen LogP contribution in [0, 0.1) is 6.92 Å². The zero-order chi connectivity index (χ0) is 24.5. The summed E-state index contributed by atoms with van der Waals surface area (Å²) >= 11 is 0. The van der Waals surface area contributed by atoms with E-state index in [9.17, 15) is 4.79 Å². The van der Waals surface area contributed by atoms with E-state index < -0.39 is 0 Å². The topological polar surface area (TPSA) is 93.2 Å². The van der Waals surface area contributed by atoms with E-state index in [0.717, 1.165) is 40.9 Å². The minimum Gasteiger partial charge on any atom is -0.353 e. The lowest BCUT2D eigenvalue weighted by Crippen LogP contribution is -2.49. The Balaban J connectivity index is 1.21. The first kappa shape index (κ1) is 22.0. The summed E-state index contributed by atoms with van der Waals surface area (Å²) in [6.45, 7) is 4.96. The Morgan fingerprint density at radius 1 is 0.944 bits per heavy atom. The molecule has 0 aliphatic carbocycles. The molecule has 0 spiro atoms. The molecule has 9 nitrogen and oxygen atoms in total. The highest BCUT2D eigenvalue weighted by Gasteiger charge is 2.24. The number of fused-ring (bicyclic) bond motifs is 1. The average Bonchev–Trinajstić information content (AvgIpc) is 3.55. The number of carbonyl (C=O) groups excluding carboxylic acids is 1. The van der Waals surface area contributed by atoms with Crippen molar-refractivity contribution in [3.05, 3.63) is 78.5 Å². The van der Waals surface area contributed by atoms with Crippen LogP contribution in [-0.2, 0) is 11.3 Å². The summed E-state index contributed by atoms with van der Waals surface area (Å²) in [4.78, 5) is 26.3. The van der Waals surface area contributed by atoms with E-state index in [2.05, 4.69) is 20.0 Å². The van der Waals surface area contributed by atoms with E-state index in [-0.39, 0.29) is 12.5 Å². The fourth-order valence-electron chi connectivity index (χ4n) is 4.50. The number of aromatic nitrogens is 5. The summed E-state index contributed by atoms with van der Waals surface area (Å²) in [5.74, 6) is 1.81. The monoisotopic (exact) mass is 479 g/mol. The van der Waals surface area contributed by atoms with Gasteiger partial charge in [0.15, 0.2) is 5.69 Å². The van der Waals surface area contributed by atoms with Crippen molar-refractivity contribution >= 4 is 22.6 Å². The molecular weight excluding hydrogens is 454 g/mol. The van der Waals surface area contributed by atoms with E-state index in [0.29, 0.717) is 30.5 Å². The number of nitrogens with zero attached hydrogens (tertiary/aromatic N) is 7. The molecule has 0 saturated carbocycles. The number of hydrogen-bond donors (Lipinski definition) is 0. The minimum absolute atomic E-state index is 0.0290.